The number of hydrogen-bond donors (Lipinski definition) is 1. The van der Waals surface area contributed by atoms with Crippen LogP contribution < -0.4 is 18.9 Å². The Morgan fingerprint density at radius 1 is 0.357 bits per heavy atom. The van der Waals surface area contributed by atoms with E-state index in [9.17, 15) is 9.90 Å². The predicted molar refractivity (Wildman–Crippen MR) is 389 cm³/mol. The number of carbonyl (C=O) groups is 1. The van der Waals surface area contributed by atoms with Crippen molar-refractivity contribution in [1.82, 2.24) is 0 Å². The molecule has 0 aliphatic heterocycles. The van der Waals surface area contributed by atoms with Crippen molar-refractivity contribution < 1.29 is 30.2 Å². The molecule has 0 atom stereocenters. The van der Waals surface area contributed by atoms with Crippen LogP contribution in [0.5, 0.6) is 0 Å². The topological polar surface area (TPSA) is 37.3 Å². The Morgan fingerprint density at radius 2 is 0.595 bits per heavy atom. The molecular weight excluding hydrogens is 1080 g/mol. The van der Waals surface area contributed by atoms with E-state index in [1.54, 1.807) is 57.8 Å². The van der Waals surface area contributed by atoms with Crippen molar-refractivity contribution in [1.29, 1.82) is 0 Å². The van der Waals surface area contributed by atoms with Gasteiger partial charge >= 0.3 is 20.3 Å². The van der Waals surface area contributed by atoms with E-state index in [1.807, 2.05) is 0 Å². The molecule has 10 aliphatic carbocycles. The second-order valence-electron chi connectivity index (χ2n) is 29.8. The SMILES string of the molecule is C.C.C.C.C.C.C.C.C.C.CC1CCC(Br)CC1.CC1CCC(CC2CCC(=O)CC2)CC1.CC1CCC(CC2CCC(C3CCC(C)CC3)CC2)CC1.CC1CCC(CC2CCC(O)(C3CCC(C)CC3)CC2)CC1.CC1CC[CH-]CC1.[H+].[Li+]. The van der Waals surface area contributed by atoms with E-state index >= 15 is 0 Å². The molecule has 10 aliphatic rings. The molecule has 84 heavy (non-hydrogen) atoms. The zero-order valence-electron chi connectivity index (χ0n) is 52.0. The third-order valence-corrected chi connectivity index (χ3v) is 24.0. The third-order valence-electron chi connectivity index (χ3n) is 23.1. The van der Waals surface area contributed by atoms with E-state index in [0.717, 1.165) is 119 Å². The van der Waals surface area contributed by atoms with Crippen LogP contribution in [0.2, 0.25) is 0 Å². The number of hydrogen-bond acceptors (Lipinski definition) is 2. The molecule has 2 nitrogen and oxygen atoms in total. The average molecular weight is 1250 g/mol. The van der Waals surface area contributed by atoms with Gasteiger partial charge in [-0.3, -0.25) is 4.79 Å². The van der Waals surface area contributed by atoms with Crippen LogP contribution in [0.4, 0.5) is 0 Å². The van der Waals surface area contributed by atoms with Gasteiger partial charge in [0.1, 0.15) is 5.78 Å². The fourth-order valence-electron chi connectivity index (χ4n) is 16.9. The van der Waals surface area contributed by atoms with Crippen molar-refractivity contribution in [2.24, 2.45) is 94.7 Å². The van der Waals surface area contributed by atoms with Gasteiger partial charge in [-0.1, -0.05) is 267 Å². The number of ketones is 1. The van der Waals surface area contributed by atoms with Crippen molar-refractivity contribution in [3.63, 3.8) is 0 Å². The first-order chi connectivity index (χ1) is 35.2. The summed E-state index contributed by atoms with van der Waals surface area (Å²) in [6.07, 6.45) is 62.4. The molecule has 0 heterocycles. The number of halogens is 1. The largest absolute Gasteiger partial charge is 1.00 e. The van der Waals surface area contributed by atoms with E-state index in [-0.39, 0.29) is 100 Å². The van der Waals surface area contributed by atoms with Gasteiger partial charge in [-0.2, -0.15) is 12.8 Å². The molecule has 0 aromatic heterocycles. The van der Waals surface area contributed by atoms with Gasteiger partial charge in [0.05, 0.1) is 5.60 Å². The first-order valence-electron chi connectivity index (χ1n) is 33.9. The van der Waals surface area contributed by atoms with Gasteiger partial charge in [0.25, 0.3) is 0 Å². The van der Waals surface area contributed by atoms with E-state index in [1.165, 1.54) is 193 Å². The normalized spacial score (nSPS) is 35.8. The van der Waals surface area contributed by atoms with Gasteiger partial charge in [-0.25, -0.2) is 0 Å². The Morgan fingerprint density at radius 3 is 0.893 bits per heavy atom. The summed E-state index contributed by atoms with van der Waals surface area (Å²) in [7, 11) is 0. The van der Waals surface area contributed by atoms with Crippen LogP contribution in [-0.2, 0) is 4.79 Å². The number of aliphatic hydroxyl groups is 1. The molecule has 0 radical (unpaired) electrons. The summed E-state index contributed by atoms with van der Waals surface area (Å²) in [4.78, 5) is 12.0. The van der Waals surface area contributed by atoms with Crippen molar-refractivity contribution in [2.75, 3.05) is 0 Å². The minimum Gasteiger partial charge on any atom is -0.390 e. The van der Waals surface area contributed by atoms with Crippen LogP contribution in [0, 0.1) is 101 Å². The molecule has 0 aromatic carbocycles. The Balaban J connectivity index is -0.000000181. The number of rotatable bonds is 8. The third kappa shape index (κ3) is 36.7. The smallest absolute Gasteiger partial charge is 0.390 e. The predicted octanol–water partition coefficient (Wildman–Crippen LogP) is 25.6. The van der Waals surface area contributed by atoms with E-state index in [4.69, 9.17) is 0 Å². The first kappa shape index (κ1) is 95.8. The molecular formula is C80H167BrLiO2+. The van der Waals surface area contributed by atoms with Gasteiger partial charge < -0.3 is 11.5 Å². The molecule has 0 aromatic rings. The molecule has 10 fully saturated rings. The Bertz CT molecular complexity index is 1380. The molecule has 0 bridgehead atoms. The molecule has 0 saturated heterocycles. The van der Waals surface area contributed by atoms with E-state index < -0.39 is 0 Å². The maximum Gasteiger partial charge on any atom is 1.00 e. The van der Waals surface area contributed by atoms with Crippen molar-refractivity contribution in [3.05, 3.63) is 6.42 Å². The fraction of sp³-hybridized carbons (Fsp3) is 0.975. The van der Waals surface area contributed by atoms with Gasteiger partial charge in [0.2, 0.25) is 0 Å². The van der Waals surface area contributed by atoms with Crippen LogP contribution in [0.25, 0.3) is 0 Å². The minimum atomic E-state index is -0.294. The number of carbonyl (C=O) groups excluding carboxylic acids is 1. The zero-order valence-corrected chi connectivity index (χ0v) is 52.6. The molecule has 0 amide bonds. The summed E-state index contributed by atoms with van der Waals surface area (Å²) in [5, 5.41) is 11.1. The second-order valence-corrected chi connectivity index (χ2v) is 31.1. The summed E-state index contributed by atoms with van der Waals surface area (Å²) in [5.41, 5.74) is -0.294. The van der Waals surface area contributed by atoms with Gasteiger partial charge in [0.15, 0.2) is 0 Å². The first-order valence-corrected chi connectivity index (χ1v) is 34.8. The number of alkyl halides is 1. The summed E-state index contributed by atoms with van der Waals surface area (Å²) in [6, 6.07) is 0. The summed E-state index contributed by atoms with van der Waals surface area (Å²) < 4.78 is 0. The van der Waals surface area contributed by atoms with Crippen molar-refractivity contribution in [3.8, 4) is 0 Å². The molecule has 506 valence electrons. The second kappa shape index (κ2) is 52.2. The van der Waals surface area contributed by atoms with Gasteiger partial charge in [0, 0.05) is 17.7 Å². The standard InChI is InChI=1S/C21H38O.C21H38.C14H24O.C7H13Br.C7H13.10CH4.Li/c1-16-3-7-18(8-4-16)15-19-11-13-21(22,14-12-19)20-9-5-17(2)6-10-20;1-16-3-7-18(8-4-16)15-19-9-13-21(14-10-19)20-11-5-17(2)6-12-20;1-11-2-4-12(5-3-11)10-13-6-8-14(15)9-7-13;1-6-2-4-7(8)5-3-6;1-7-5-3-2-4-6-7;;;;;;;;;;;/h16-20,22H,3-15H2,1-2H3;16-21H,3-15H2,1-2H3;11-13H,2-10H2,1H3;6-7H,2-5H2,1H3;2,7H,3-6H2,1H3;10*1H4;/q;;;;-1;;;;;;;;;;;+1/p+1. The van der Waals surface area contributed by atoms with Crippen molar-refractivity contribution >= 4 is 21.7 Å². The van der Waals surface area contributed by atoms with Crippen LogP contribution in [-0.4, -0.2) is 21.3 Å². The molecule has 0 unspecified atom stereocenters. The summed E-state index contributed by atoms with van der Waals surface area (Å²) >= 11 is 3.62. The average Bonchev–Trinajstić information content (AvgIpc) is 3.40. The van der Waals surface area contributed by atoms with Crippen LogP contribution >= 0.6 is 15.9 Å². The summed E-state index contributed by atoms with van der Waals surface area (Å²) in [6.45, 7) is 16.8. The van der Waals surface area contributed by atoms with E-state index in [2.05, 4.69) is 70.8 Å². The molecule has 0 spiro atoms. The van der Waals surface area contributed by atoms with Crippen molar-refractivity contribution in [2.45, 2.75) is 409 Å². The molecule has 4 heteroatoms. The minimum absolute atomic E-state index is 0. The summed E-state index contributed by atoms with van der Waals surface area (Å²) in [5.74, 6) is 16.2. The maximum atomic E-state index is 11.1. The van der Waals surface area contributed by atoms with Crippen LogP contribution in [0.15, 0.2) is 0 Å². The maximum absolute atomic E-state index is 11.1. The monoisotopic (exact) mass is 1250 g/mol. The van der Waals surface area contributed by atoms with Crippen LogP contribution in [0.3, 0.4) is 0 Å². The molecule has 1 N–H and O–H groups in total. The quantitative estimate of drug-likeness (QED) is 0.149. The van der Waals surface area contributed by atoms with Crippen LogP contribution in [0.1, 0.15) is 400 Å². The fourth-order valence-corrected chi connectivity index (χ4v) is 17.5. The Kier molecular flexibility index (Phi) is 59.6. The van der Waals surface area contributed by atoms with E-state index in [0.29, 0.717) is 11.7 Å². The zero-order chi connectivity index (χ0) is 52.0. The molecule has 10 rings (SSSR count). The Labute approximate surface area is 558 Å². The molecule has 10 saturated carbocycles. The van der Waals surface area contributed by atoms with Gasteiger partial charge in [-0.05, 0) is 217 Å². The Hall–Kier alpha value is 0.707. The number of Topliss-reactive ketones (excluding diaryl/α,β-unsaturated/α-hetero) is 1. The van der Waals surface area contributed by atoms with Gasteiger partial charge in [-0.15, -0.1) is 0 Å².